The first-order valence-electron chi connectivity index (χ1n) is 4.91. The molecule has 0 atom stereocenters. The molecule has 1 aromatic rings. The molecule has 0 unspecified atom stereocenters. The highest BCUT2D eigenvalue weighted by Crippen LogP contribution is 2.46. The fourth-order valence-corrected chi connectivity index (χ4v) is 1.72. The maximum Gasteiger partial charge on any atom is 0.205 e. The first-order valence-corrected chi connectivity index (χ1v) is 5.29. The highest BCUT2D eigenvalue weighted by molar-refractivity contribution is 6.35. The van der Waals surface area contributed by atoms with Gasteiger partial charge in [0.05, 0.1) is 27.0 Å². The Morgan fingerprint density at radius 3 is 2.19 bits per heavy atom. The number of hydrogen-bond donors (Lipinski definition) is 1. The smallest absolute Gasteiger partial charge is 0.205 e. The van der Waals surface area contributed by atoms with Gasteiger partial charge in [0.1, 0.15) is 5.02 Å². The van der Waals surface area contributed by atoms with Crippen LogP contribution in [0, 0.1) is 0 Å². The third kappa shape index (κ3) is 2.27. The highest BCUT2D eigenvalue weighted by atomic mass is 35.5. The summed E-state index contributed by atoms with van der Waals surface area (Å²) in [7, 11) is 4.66. The Kier molecular flexibility index (Phi) is 4.55. The van der Waals surface area contributed by atoms with Gasteiger partial charge in [-0.1, -0.05) is 11.6 Å². The second-order valence-corrected chi connectivity index (χ2v) is 3.42. The molecule has 0 saturated carbocycles. The minimum absolute atomic E-state index is 0.472. The SMILES string of the molecule is CCNc1cc(OC)c(OC)c(OC)c1Cl. The number of rotatable bonds is 5. The second-order valence-electron chi connectivity index (χ2n) is 3.04. The van der Waals surface area contributed by atoms with Gasteiger partial charge in [0.25, 0.3) is 0 Å². The van der Waals surface area contributed by atoms with E-state index in [9.17, 15) is 0 Å². The summed E-state index contributed by atoms with van der Waals surface area (Å²) in [4.78, 5) is 0. The molecule has 16 heavy (non-hydrogen) atoms. The van der Waals surface area contributed by atoms with Gasteiger partial charge in [-0.15, -0.1) is 0 Å². The molecule has 0 amide bonds. The van der Waals surface area contributed by atoms with Crippen molar-refractivity contribution in [3.05, 3.63) is 11.1 Å². The Morgan fingerprint density at radius 1 is 1.12 bits per heavy atom. The normalized spacial score (nSPS) is 9.81. The van der Waals surface area contributed by atoms with Gasteiger partial charge in [-0.25, -0.2) is 0 Å². The van der Waals surface area contributed by atoms with Crippen molar-refractivity contribution in [3.8, 4) is 17.2 Å². The van der Waals surface area contributed by atoms with Crippen molar-refractivity contribution in [1.29, 1.82) is 0 Å². The van der Waals surface area contributed by atoms with Crippen molar-refractivity contribution in [3.63, 3.8) is 0 Å². The van der Waals surface area contributed by atoms with E-state index < -0.39 is 0 Å². The molecular formula is C11H16ClNO3. The molecule has 0 spiro atoms. The fourth-order valence-electron chi connectivity index (χ4n) is 1.44. The summed E-state index contributed by atoms with van der Waals surface area (Å²) in [5.41, 5.74) is 0.763. The summed E-state index contributed by atoms with van der Waals surface area (Å²) >= 11 is 6.18. The Labute approximate surface area is 100 Å². The zero-order valence-electron chi connectivity index (χ0n) is 9.89. The molecule has 90 valence electrons. The van der Waals surface area contributed by atoms with Gasteiger partial charge in [-0.2, -0.15) is 0 Å². The van der Waals surface area contributed by atoms with Crippen molar-refractivity contribution >= 4 is 17.3 Å². The van der Waals surface area contributed by atoms with Crippen molar-refractivity contribution in [2.24, 2.45) is 0 Å². The van der Waals surface area contributed by atoms with Crippen molar-refractivity contribution in [2.75, 3.05) is 33.2 Å². The van der Waals surface area contributed by atoms with E-state index in [-0.39, 0.29) is 0 Å². The van der Waals surface area contributed by atoms with Crippen LogP contribution >= 0.6 is 11.6 Å². The van der Waals surface area contributed by atoms with Crippen molar-refractivity contribution < 1.29 is 14.2 Å². The summed E-state index contributed by atoms with van der Waals surface area (Å²) in [6, 6.07) is 1.78. The maximum absolute atomic E-state index is 6.18. The topological polar surface area (TPSA) is 39.7 Å². The number of methoxy groups -OCH3 is 3. The van der Waals surface area contributed by atoms with Crippen molar-refractivity contribution in [2.45, 2.75) is 6.92 Å². The van der Waals surface area contributed by atoms with E-state index in [0.29, 0.717) is 22.3 Å². The van der Waals surface area contributed by atoms with Gasteiger partial charge < -0.3 is 19.5 Å². The third-order valence-corrected chi connectivity index (χ3v) is 2.51. The molecule has 0 fully saturated rings. The average Bonchev–Trinajstić information content (AvgIpc) is 2.31. The summed E-state index contributed by atoms with van der Waals surface area (Å²) in [6.45, 7) is 2.75. The first kappa shape index (κ1) is 12.8. The van der Waals surface area contributed by atoms with E-state index in [0.717, 1.165) is 12.2 Å². The maximum atomic E-state index is 6.18. The van der Waals surface area contributed by atoms with Gasteiger partial charge in [0.2, 0.25) is 5.75 Å². The van der Waals surface area contributed by atoms with Gasteiger partial charge >= 0.3 is 0 Å². The van der Waals surface area contributed by atoms with Crippen LogP contribution in [-0.2, 0) is 0 Å². The molecule has 0 saturated heterocycles. The quantitative estimate of drug-likeness (QED) is 0.866. The lowest BCUT2D eigenvalue weighted by molar-refractivity contribution is 0.325. The van der Waals surface area contributed by atoms with Crippen LogP contribution in [-0.4, -0.2) is 27.9 Å². The zero-order valence-corrected chi connectivity index (χ0v) is 10.6. The number of nitrogens with one attached hydrogen (secondary N) is 1. The van der Waals surface area contributed by atoms with E-state index in [1.807, 2.05) is 6.92 Å². The number of halogens is 1. The molecule has 1 aromatic carbocycles. The van der Waals surface area contributed by atoms with Crippen molar-refractivity contribution in [1.82, 2.24) is 0 Å². The molecule has 0 bridgehead atoms. The van der Waals surface area contributed by atoms with E-state index >= 15 is 0 Å². The van der Waals surface area contributed by atoms with E-state index in [4.69, 9.17) is 25.8 Å². The Bertz CT molecular complexity index is 369. The minimum Gasteiger partial charge on any atom is -0.493 e. The van der Waals surface area contributed by atoms with Gasteiger partial charge in [0.15, 0.2) is 11.5 Å². The molecule has 5 heteroatoms. The molecule has 0 aromatic heterocycles. The summed E-state index contributed by atoms with van der Waals surface area (Å²) < 4.78 is 15.6. The van der Waals surface area contributed by atoms with E-state index in [1.54, 1.807) is 27.4 Å². The zero-order chi connectivity index (χ0) is 12.1. The van der Waals surface area contributed by atoms with Gasteiger partial charge in [0, 0.05) is 12.6 Å². The Balaban J connectivity index is 3.35. The summed E-state index contributed by atoms with van der Waals surface area (Å²) in [5, 5.41) is 3.62. The Hall–Kier alpha value is -1.29. The molecular weight excluding hydrogens is 230 g/mol. The molecule has 1 rings (SSSR count). The molecule has 0 radical (unpaired) electrons. The lowest BCUT2D eigenvalue weighted by Crippen LogP contribution is -2.01. The average molecular weight is 246 g/mol. The van der Waals surface area contributed by atoms with Gasteiger partial charge in [-0.3, -0.25) is 0 Å². The number of anilines is 1. The Morgan fingerprint density at radius 2 is 1.75 bits per heavy atom. The minimum atomic E-state index is 0.472. The number of benzene rings is 1. The summed E-state index contributed by atoms with van der Waals surface area (Å²) in [5.74, 6) is 1.55. The molecule has 0 aliphatic heterocycles. The fraction of sp³-hybridized carbons (Fsp3) is 0.455. The number of hydrogen-bond acceptors (Lipinski definition) is 4. The molecule has 1 N–H and O–H groups in total. The lowest BCUT2D eigenvalue weighted by atomic mass is 10.2. The molecule has 4 nitrogen and oxygen atoms in total. The van der Waals surface area contributed by atoms with Crippen LogP contribution in [0.5, 0.6) is 17.2 Å². The van der Waals surface area contributed by atoms with Crippen LogP contribution in [0.15, 0.2) is 6.07 Å². The van der Waals surface area contributed by atoms with Crippen LogP contribution in [0.25, 0.3) is 0 Å². The highest BCUT2D eigenvalue weighted by Gasteiger charge is 2.18. The van der Waals surface area contributed by atoms with Crippen LogP contribution in [0.2, 0.25) is 5.02 Å². The van der Waals surface area contributed by atoms with Crippen LogP contribution < -0.4 is 19.5 Å². The predicted octanol–water partition coefficient (Wildman–Crippen LogP) is 2.80. The monoisotopic (exact) mass is 245 g/mol. The predicted molar refractivity (Wildman–Crippen MR) is 65.3 cm³/mol. The van der Waals surface area contributed by atoms with Crippen LogP contribution in [0.4, 0.5) is 5.69 Å². The molecule has 0 aliphatic carbocycles. The molecule has 0 heterocycles. The lowest BCUT2D eigenvalue weighted by Gasteiger charge is -2.16. The summed E-state index contributed by atoms with van der Waals surface area (Å²) in [6.07, 6.45) is 0. The van der Waals surface area contributed by atoms with Gasteiger partial charge in [-0.05, 0) is 6.92 Å². The first-order chi connectivity index (χ1) is 7.69. The number of ether oxygens (including phenoxy) is 3. The standard InChI is InChI=1S/C11H16ClNO3/c1-5-13-7-6-8(14-2)10(15-3)11(16-4)9(7)12/h6,13H,5H2,1-4H3. The van der Waals surface area contributed by atoms with E-state index in [2.05, 4.69) is 5.32 Å². The largest absolute Gasteiger partial charge is 0.493 e. The third-order valence-electron chi connectivity index (χ3n) is 2.14. The van der Waals surface area contributed by atoms with Crippen LogP contribution in [0.3, 0.4) is 0 Å². The van der Waals surface area contributed by atoms with Crippen LogP contribution in [0.1, 0.15) is 6.92 Å². The van der Waals surface area contributed by atoms with E-state index in [1.165, 1.54) is 0 Å². The second kappa shape index (κ2) is 5.70. The molecule has 0 aliphatic rings.